The van der Waals surface area contributed by atoms with E-state index in [0.717, 1.165) is 41.4 Å². The maximum Gasteiger partial charge on any atom is 0.286 e. The first-order valence-electron chi connectivity index (χ1n) is 13.2. The minimum Gasteiger partial charge on any atom is -0.272 e. The molecule has 3 aromatic heterocycles. The van der Waals surface area contributed by atoms with Gasteiger partial charge in [0, 0.05) is 49.9 Å². The third-order valence-electron chi connectivity index (χ3n) is 7.74. The van der Waals surface area contributed by atoms with Crippen molar-refractivity contribution < 1.29 is 8.78 Å². The standard InChI is InChI=1S/C30H35F2N7/c1-19(2)28(21-8-9-27(34-13-21)30(6,31)32)38-17-23(14-36-38)22-10-20(3)39(33-7)26(11-22)24-15-35-37(16-24)18-25-12-29(25,4)5/h8-11,13-17,19,25,28H,3,7,12,18H2,1-2,4-6H3. The Kier molecular flexibility index (Phi) is 6.64. The highest BCUT2D eigenvalue weighted by molar-refractivity contribution is 5.87. The van der Waals surface area contributed by atoms with Crippen LogP contribution in [0.15, 0.2) is 72.6 Å². The van der Waals surface area contributed by atoms with Gasteiger partial charge in [0.2, 0.25) is 0 Å². The van der Waals surface area contributed by atoms with Crippen molar-refractivity contribution in [1.29, 1.82) is 0 Å². The zero-order valence-electron chi connectivity index (χ0n) is 23.1. The molecule has 1 fully saturated rings. The Morgan fingerprint density at radius 1 is 1.10 bits per heavy atom. The molecule has 9 heteroatoms. The van der Waals surface area contributed by atoms with Crippen molar-refractivity contribution in [3.63, 3.8) is 0 Å². The van der Waals surface area contributed by atoms with Crippen LogP contribution in [0.5, 0.6) is 0 Å². The van der Waals surface area contributed by atoms with E-state index in [9.17, 15) is 8.78 Å². The van der Waals surface area contributed by atoms with Gasteiger partial charge in [0.25, 0.3) is 5.92 Å². The number of halogens is 2. The zero-order valence-corrected chi connectivity index (χ0v) is 23.1. The SMILES string of the molecule is C=NN1C(=C)C=C(c2cnn(C(c3ccc(C(C)(F)F)nc3)C(C)C)c2)C=C1c1cnn(CC2CC2(C)C)c1. The molecule has 3 aromatic rings. The van der Waals surface area contributed by atoms with Gasteiger partial charge in [-0.3, -0.25) is 14.3 Å². The highest BCUT2D eigenvalue weighted by atomic mass is 19.3. The lowest BCUT2D eigenvalue weighted by Gasteiger charge is -2.26. The molecule has 1 saturated carbocycles. The minimum atomic E-state index is -2.98. The van der Waals surface area contributed by atoms with Crippen molar-refractivity contribution in [3.05, 3.63) is 89.9 Å². The molecule has 5 rings (SSSR count). The third kappa shape index (κ3) is 5.35. The van der Waals surface area contributed by atoms with Crippen molar-refractivity contribution in [2.24, 2.45) is 22.4 Å². The summed E-state index contributed by atoms with van der Waals surface area (Å²) < 4.78 is 31.2. The Balaban J connectivity index is 1.43. The summed E-state index contributed by atoms with van der Waals surface area (Å²) >= 11 is 0. The van der Waals surface area contributed by atoms with Crippen LogP contribution in [0.25, 0.3) is 11.3 Å². The van der Waals surface area contributed by atoms with Crippen LogP contribution in [0, 0.1) is 17.3 Å². The predicted molar refractivity (Wildman–Crippen MR) is 150 cm³/mol. The fourth-order valence-electron chi connectivity index (χ4n) is 5.22. The van der Waals surface area contributed by atoms with E-state index in [-0.39, 0.29) is 17.7 Å². The Bertz CT molecular complexity index is 1450. The fraction of sp³-hybridized carbons (Fsp3) is 0.400. The van der Waals surface area contributed by atoms with Gasteiger partial charge in [0.05, 0.1) is 29.8 Å². The number of rotatable bonds is 9. The van der Waals surface area contributed by atoms with Crippen LogP contribution in [0.2, 0.25) is 0 Å². The van der Waals surface area contributed by atoms with Gasteiger partial charge >= 0.3 is 0 Å². The number of pyridine rings is 1. The molecule has 2 unspecified atom stereocenters. The normalized spacial score (nSPS) is 19.6. The maximum absolute atomic E-state index is 13.7. The molecule has 2 aliphatic rings. The van der Waals surface area contributed by atoms with Crippen molar-refractivity contribution in [3.8, 4) is 0 Å². The van der Waals surface area contributed by atoms with E-state index in [2.05, 4.69) is 61.3 Å². The second-order valence-electron chi connectivity index (χ2n) is 11.7. The van der Waals surface area contributed by atoms with Gasteiger partial charge in [-0.2, -0.15) is 24.1 Å². The average molecular weight is 532 g/mol. The first kappa shape index (κ1) is 26.7. The summed E-state index contributed by atoms with van der Waals surface area (Å²) in [5.41, 5.74) is 5.23. The van der Waals surface area contributed by atoms with Crippen LogP contribution in [0.4, 0.5) is 8.78 Å². The van der Waals surface area contributed by atoms with E-state index in [0.29, 0.717) is 17.0 Å². The van der Waals surface area contributed by atoms with Gasteiger partial charge in [-0.1, -0.05) is 40.3 Å². The second-order valence-corrected chi connectivity index (χ2v) is 11.7. The number of aromatic nitrogens is 5. The van der Waals surface area contributed by atoms with Gasteiger partial charge in [0.1, 0.15) is 5.69 Å². The quantitative estimate of drug-likeness (QED) is 0.287. The summed E-state index contributed by atoms with van der Waals surface area (Å²) in [5.74, 6) is -2.20. The lowest BCUT2D eigenvalue weighted by atomic mass is 9.97. The van der Waals surface area contributed by atoms with Crippen LogP contribution in [0.3, 0.4) is 0 Å². The van der Waals surface area contributed by atoms with E-state index in [1.54, 1.807) is 17.3 Å². The molecule has 0 N–H and O–H groups in total. The Morgan fingerprint density at radius 2 is 1.82 bits per heavy atom. The van der Waals surface area contributed by atoms with Crippen molar-refractivity contribution >= 4 is 18.0 Å². The molecule has 1 aliphatic heterocycles. The predicted octanol–water partition coefficient (Wildman–Crippen LogP) is 6.75. The molecule has 204 valence electrons. The van der Waals surface area contributed by atoms with Crippen molar-refractivity contribution in [2.45, 2.75) is 59.5 Å². The summed E-state index contributed by atoms with van der Waals surface area (Å²) in [6.07, 6.45) is 14.4. The molecular formula is C30H35F2N7. The van der Waals surface area contributed by atoms with E-state index >= 15 is 0 Å². The molecule has 2 atom stereocenters. The molecule has 0 saturated heterocycles. The molecule has 0 radical (unpaired) electrons. The summed E-state index contributed by atoms with van der Waals surface area (Å²) in [6.45, 7) is 18.4. The van der Waals surface area contributed by atoms with Gasteiger partial charge in [0.15, 0.2) is 0 Å². The van der Waals surface area contributed by atoms with Crippen molar-refractivity contribution in [1.82, 2.24) is 29.6 Å². The van der Waals surface area contributed by atoms with Crippen LogP contribution in [0.1, 0.15) is 69.5 Å². The summed E-state index contributed by atoms with van der Waals surface area (Å²) in [6, 6.07) is 2.93. The van der Waals surface area contributed by atoms with Crippen LogP contribution in [-0.2, 0) is 12.5 Å². The first-order chi connectivity index (χ1) is 18.4. The van der Waals surface area contributed by atoms with Crippen LogP contribution >= 0.6 is 0 Å². The Hall–Kier alpha value is -3.88. The average Bonchev–Trinajstić information content (AvgIpc) is 3.25. The topological polar surface area (TPSA) is 64.1 Å². The molecular weight excluding hydrogens is 496 g/mol. The van der Waals surface area contributed by atoms with Gasteiger partial charge in [-0.15, -0.1) is 0 Å². The molecule has 7 nitrogen and oxygen atoms in total. The van der Waals surface area contributed by atoms with E-state index in [4.69, 9.17) is 0 Å². The zero-order chi connectivity index (χ0) is 28.1. The number of hydrazone groups is 1. The van der Waals surface area contributed by atoms with Crippen LogP contribution in [-0.4, -0.2) is 36.3 Å². The molecule has 4 heterocycles. The molecule has 0 bridgehead atoms. The molecule has 0 aromatic carbocycles. The summed E-state index contributed by atoms with van der Waals surface area (Å²) in [7, 11) is 0. The molecule has 1 aliphatic carbocycles. The summed E-state index contributed by atoms with van der Waals surface area (Å²) in [5, 5.41) is 15.2. The number of nitrogens with zero attached hydrogens (tertiary/aromatic N) is 7. The van der Waals surface area contributed by atoms with Crippen LogP contribution < -0.4 is 0 Å². The Labute approximate surface area is 228 Å². The summed E-state index contributed by atoms with van der Waals surface area (Å²) in [4.78, 5) is 4.02. The molecule has 0 spiro atoms. The number of allylic oxidation sites excluding steroid dienone is 3. The molecule has 0 amide bonds. The Morgan fingerprint density at radius 3 is 2.41 bits per heavy atom. The van der Waals surface area contributed by atoms with Gasteiger partial charge in [-0.25, -0.2) is 5.01 Å². The van der Waals surface area contributed by atoms with E-state index in [1.807, 2.05) is 40.1 Å². The monoisotopic (exact) mass is 531 g/mol. The van der Waals surface area contributed by atoms with Crippen molar-refractivity contribution in [2.75, 3.05) is 0 Å². The van der Waals surface area contributed by atoms with E-state index in [1.165, 1.54) is 18.7 Å². The van der Waals surface area contributed by atoms with Gasteiger partial charge in [-0.05, 0) is 53.0 Å². The first-order valence-corrected chi connectivity index (χ1v) is 13.2. The van der Waals surface area contributed by atoms with E-state index < -0.39 is 5.92 Å². The maximum atomic E-state index is 13.7. The third-order valence-corrected chi connectivity index (χ3v) is 7.74. The highest BCUT2D eigenvalue weighted by Gasteiger charge is 2.45. The van der Waals surface area contributed by atoms with Gasteiger partial charge < -0.3 is 0 Å². The fourth-order valence-corrected chi connectivity index (χ4v) is 5.22. The number of alkyl halides is 2. The second kappa shape index (κ2) is 9.70. The lowest BCUT2D eigenvalue weighted by Crippen LogP contribution is -2.18. The minimum absolute atomic E-state index is 0.150. The molecule has 39 heavy (non-hydrogen) atoms. The largest absolute Gasteiger partial charge is 0.286 e. The highest BCUT2D eigenvalue weighted by Crippen LogP contribution is 2.52. The smallest absolute Gasteiger partial charge is 0.272 e. The lowest BCUT2D eigenvalue weighted by molar-refractivity contribution is 0.0127. The number of hydrogen-bond donors (Lipinski definition) is 0. The number of hydrogen-bond acceptors (Lipinski definition) is 5.